The molecule has 0 saturated carbocycles. The summed E-state index contributed by atoms with van der Waals surface area (Å²) in [6.07, 6.45) is 0.890. The lowest BCUT2D eigenvalue weighted by atomic mass is 9.99. The zero-order valence-corrected chi connectivity index (χ0v) is 12.4. The first-order valence-electron chi connectivity index (χ1n) is 7.11. The van der Waals surface area contributed by atoms with E-state index in [9.17, 15) is 9.59 Å². The van der Waals surface area contributed by atoms with Crippen LogP contribution in [0.15, 0.2) is 17.5 Å². The summed E-state index contributed by atoms with van der Waals surface area (Å²) in [5.74, 6) is 0.0492. The average Bonchev–Trinajstić information content (AvgIpc) is 3.15. The number of rotatable bonds is 4. The number of anilines is 1. The molecular weight excluding hydrogens is 292 g/mol. The summed E-state index contributed by atoms with van der Waals surface area (Å²) in [7, 11) is 0. The molecule has 7 heteroatoms. The van der Waals surface area contributed by atoms with Gasteiger partial charge in [-0.15, -0.1) is 11.3 Å². The first-order chi connectivity index (χ1) is 10.2. The summed E-state index contributed by atoms with van der Waals surface area (Å²) in [5.41, 5.74) is 0. The minimum atomic E-state index is -0.345. The van der Waals surface area contributed by atoms with Crippen LogP contribution in [-0.2, 0) is 14.3 Å². The van der Waals surface area contributed by atoms with Gasteiger partial charge in [0.15, 0.2) is 0 Å². The van der Waals surface area contributed by atoms with Gasteiger partial charge < -0.3 is 14.8 Å². The van der Waals surface area contributed by atoms with Gasteiger partial charge in [-0.05, 0) is 30.4 Å². The minimum Gasteiger partial charge on any atom is -0.442 e. The van der Waals surface area contributed by atoms with Gasteiger partial charge in [0.1, 0.15) is 11.1 Å². The molecule has 0 spiro atoms. The van der Waals surface area contributed by atoms with Gasteiger partial charge in [-0.25, -0.2) is 4.79 Å². The van der Waals surface area contributed by atoms with E-state index in [0.29, 0.717) is 26.3 Å². The standard InChI is InChI=1S/C14H18N2O4S/c17-13(10-3-5-19-6-4-10)15-8-11-9-16(14(18)20-11)12-2-1-7-21-12/h1-2,7,10-11H,3-6,8-9H2,(H,15,17). The van der Waals surface area contributed by atoms with E-state index in [4.69, 9.17) is 9.47 Å². The highest BCUT2D eigenvalue weighted by molar-refractivity contribution is 7.14. The molecule has 1 aromatic heterocycles. The molecule has 3 rings (SSSR count). The number of nitrogens with one attached hydrogen (secondary N) is 1. The summed E-state index contributed by atoms with van der Waals surface area (Å²) in [4.78, 5) is 25.4. The van der Waals surface area contributed by atoms with E-state index in [-0.39, 0.29) is 24.0 Å². The van der Waals surface area contributed by atoms with Crippen LogP contribution < -0.4 is 10.2 Å². The normalized spacial score (nSPS) is 23.1. The number of amides is 2. The second-order valence-electron chi connectivity index (χ2n) is 5.20. The molecule has 2 amide bonds. The Kier molecular flexibility index (Phi) is 4.40. The van der Waals surface area contributed by atoms with Gasteiger partial charge in [-0.1, -0.05) is 0 Å². The molecule has 114 valence electrons. The van der Waals surface area contributed by atoms with Crippen LogP contribution in [0.25, 0.3) is 0 Å². The van der Waals surface area contributed by atoms with Gasteiger partial charge >= 0.3 is 6.09 Å². The molecule has 0 aliphatic carbocycles. The molecule has 2 aliphatic rings. The van der Waals surface area contributed by atoms with Crippen LogP contribution in [0.5, 0.6) is 0 Å². The Hall–Kier alpha value is -1.60. The van der Waals surface area contributed by atoms with Gasteiger partial charge in [0.25, 0.3) is 0 Å². The summed E-state index contributed by atoms with van der Waals surface area (Å²) in [5, 5.41) is 5.68. The van der Waals surface area contributed by atoms with E-state index in [2.05, 4.69) is 5.32 Å². The van der Waals surface area contributed by atoms with E-state index < -0.39 is 0 Å². The number of cyclic esters (lactones) is 1. The van der Waals surface area contributed by atoms with Crippen molar-refractivity contribution in [1.82, 2.24) is 5.32 Å². The van der Waals surface area contributed by atoms with Gasteiger partial charge in [0.05, 0.1) is 13.1 Å². The van der Waals surface area contributed by atoms with Crippen molar-refractivity contribution < 1.29 is 19.1 Å². The van der Waals surface area contributed by atoms with Crippen molar-refractivity contribution in [2.24, 2.45) is 5.92 Å². The molecule has 6 nitrogen and oxygen atoms in total. The molecule has 2 aliphatic heterocycles. The van der Waals surface area contributed by atoms with Crippen molar-refractivity contribution in [2.75, 3.05) is 31.2 Å². The van der Waals surface area contributed by atoms with Crippen LogP contribution in [0.2, 0.25) is 0 Å². The van der Waals surface area contributed by atoms with Crippen molar-refractivity contribution in [2.45, 2.75) is 18.9 Å². The fraction of sp³-hybridized carbons (Fsp3) is 0.571. The fourth-order valence-electron chi connectivity index (χ4n) is 2.55. The molecular formula is C14H18N2O4S. The first kappa shape index (κ1) is 14.3. The van der Waals surface area contributed by atoms with Crippen LogP contribution in [0.4, 0.5) is 9.80 Å². The van der Waals surface area contributed by atoms with Crippen molar-refractivity contribution in [3.8, 4) is 0 Å². The molecule has 3 heterocycles. The lowest BCUT2D eigenvalue weighted by molar-refractivity contribution is -0.128. The van der Waals surface area contributed by atoms with Crippen molar-refractivity contribution in [3.05, 3.63) is 17.5 Å². The van der Waals surface area contributed by atoms with Crippen LogP contribution in [-0.4, -0.2) is 44.4 Å². The topological polar surface area (TPSA) is 67.9 Å². The predicted molar refractivity (Wildman–Crippen MR) is 78.5 cm³/mol. The maximum atomic E-state index is 12.0. The third-order valence-electron chi connectivity index (χ3n) is 3.74. The maximum Gasteiger partial charge on any atom is 0.415 e. The monoisotopic (exact) mass is 310 g/mol. The number of carbonyl (C=O) groups excluding carboxylic acids is 2. The second-order valence-corrected chi connectivity index (χ2v) is 6.13. The third kappa shape index (κ3) is 3.36. The largest absolute Gasteiger partial charge is 0.442 e. The van der Waals surface area contributed by atoms with Gasteiger partial charge in [0.2, 0.25) is 5.91 Å². The maximum absolute atomic E-state index is 12.0. The van der Waals surface area contributed by atoms with Crippen LogP contribution in [0.1, 0.15) is 12.8 Å². The summed E-state index contributed by atoms with van der Waals surface area (Å²) < 4.78 is 10.5. The van der Waals surface area contributed by atoms with E-state index in [1.54, 1.807) is 4.90 Å². The van der Waals surface area contributed by atoms with Crippen molar-refractivity contribution >= 4 is 28.3 Å². The van der Waals surface area contributed by atoms with Gasteiger partial charge in [0, 0.05) is 19.1 Å². The second kappa shape index (κ2) is 6.44. The zero-order valence-electron chi connectivity index (χ0n) is 11.6. The molecule has 1 unspecified atom stereocenters. The van der Waals surface area contributed by atoms with E-state index in [0.717, 1.165) is 17.8 Å². The Morgan fingerprint density at radius 2 is 2.24 bits per heavy atom. The average molecular weight is 310 g/mol. The van der Waals surface area contributed by atoms with E-state index in [1.807, 2.05) is 17.5 Å². The minimum absolute atomic E-state index is 0.0178. The molecule has 0 bridgehead atoms. The molecule has 0 aromatic carbocycles. The molecule has 1 N–H and O–H groups in total. The number of ether oxygens (including phenoxy) is 2. The molecule has 2 fully saturated rings. The number of thiophene rings is 1. The zero-order chi connectivity index (χ0) is 14.7. The number of nitrogens with zero attached hydrogens (tertiary/aromatic N) is 1. The highest BCUT2D eigenvalue weighted by Crippen LogP contribution is 2.26. The van der Waals surface area contributed by atoms with Crippen molar-refractivity contribution in [1.29, 1.82) is 0 Å². The number of hydrogen-bond acceptors (Lipinski definition) is 5. The van der Waals surface area contributed by atoms with E-state index >= 15 is 0 Å². The Morgan fingerprint density at radius 3 is 2.95 bits per heavy atom. The van der Waals surface area contributed by atoms with Crippen LogP contribution in [0, 0.1) is 5.92 Å². The third-order valence-corrected chi connectivity index (χ3v) is 4.63. The highest BCUT2D eigenvalue weighted by atomic mass is 32.1. The van der Waals surface area contributed by atoms with Gasteiger partial charge in [-0.3, -0.25) is 9.69 Å². The fourth-order valence-corrected chi connectivity index (χ4v) is 3.28. The Labute approximate surface area is 127 Å². The lowest BCUT2D eigenvalue weighted by Gasteiger charge is -2.21. The number of hydrogen-bond donors (Lipinski definition) is 1. The lowest BCUT2D eigenvalue weighted by Crippen LogP contribution is -2.39. The Morgan fingerprint density at radius 1 is 1.43 bits per heavy atom. The molecule has 21 heavy (non-hydrogen) atoms. The van der Waals surface area contributed by atoms with Crippen LogP contribution >= 0.6 is 11.3 Å². The Balaban J connectivity index is 1.48. The quantitative estimate of drug-likeness (QED) is 0.917. The first-order valence-corrected chi connectivity index (χ1v) is 7.99. The summed E-state index contributed by atoms with van der Waals surface area (Å²) in [6.45, 7) is 2.13. The summed E-state index contributed by atoms with van der Waals surface area (Å²) >= 11 is 1.50. The molecule has 1 aromatic rings. The molecule has 2 saturated heterocycles. The SMILES string of the molecule is O=C(NCC1CN(c2cccs2)C(=O)O1)C1CCOCC1. The Bertz CT molecular complexity index is 499. The van der Waals surface area contributed by atoms with E-state index in [1.165, 1.54) is 11.3 Å². The molecule has 1 atom stereocenters. The smallest absolute Gasteiger partial charge is 0.415 e. The summed E-state index contributed by atoms with van der Waals surface area (Å²) in [6, 6.07) is 3.78. The number of carbonyl (C=O) groups is 2. The predicted octanol–water partition coefficient (Wildman–Crippen LogP) is 1.62. The highest BCUT2D eigenvalue weighted by Gasteiger charge is 2.33. The van der Waals surface area contributed by atoms with Gasteiger partial charge in [-0.2, -0.15) is 0 Å². The molecule has 0 radical (unpaired) electrons. The van der Waals surface area contributed by atoms with Crippen LogP contribution in [0.3, 0.4) is 0 Å². The van der Waals surface area contributed by atoms with Crippen molar-refractivity contribution in [3.63, 3.8) is 0 Å².